The van der Waals surface area contributed by atoms with E-state index in [4.69, 9.17) is 10.5 Å². The number of amides is 2. The predicted octanol–water partition coefficient (Wildman–Crippen LogP) is 1.23. The van der Waals surface area contributed by atoms with Crippen LogP contribution in [0.15, 0.2) is 60.7 Å². The number of carbonyl (C=O) groups excluding carboxylic acids is 2. The van der Waals surface area contributed by atoms with E-state index in [9.17, 15) is 9.59 Å². The van der Waals surface area contributed by atoms with Crippen LogP contribution >= 0.6 is 0 Å². The zero-order chi connectivity index (χ0) is 18.4. The molecule has 0 radical (unpaired) electrons. The Bertz CT molecular complexity index is 736. The summed E-state index contributed by atoms with van der Waals surface area (Å²) in [6.45, 7) is 0.865. The summed E-state index contributed by atoms with van der Waals surface area (Å²) in [5, 5.41) is 2.85. The van der Waals surface area contributed by atoms with Gasteiger partial charge in [0.1, 0.15) is 12.6 Å². The molecule has 3 N–H and O–H groups in total. The molecule has 0 spiro atoms. The van der Waals surface area contributed by atoms with Crippen LogP contribution in [0.3, 0.4) is 0 Å². The van der Waals surface area contributed by atoms with Gasteiger partial charge >= 0.3 is 0 Å². The summed E-state index contributed by atoms with van der Waals surface area (Å²) < 4.78 is 5.29. The molecule has 1 aliphatic heterocycles. The van der Waals surface area contributed by atoms with Crippen molar-refractivity contribution in [2.75, 3.05) is 19.8 Å². The van der Waals surface area contributed by atoms with E-state index in [0.29, 0.717) is 13.1 Å². The van der Waals surface area contributed by atoms with Crippen molar-refractivity contribution >= 4 is 11.8 Å². The normalized spacial score (nSPS) is 18.4. The van der Waals surface area contributed by atoms with Gasteiger partial charge in [0.15, 0.2) is 0 Å². The second-order valence-electron chi connectivity index (χ2n) is 6.30. The molecule has 1 fully saturated rings. The van der Waals surface area contributed by atoms with E-state index >= 15 is 0 Å². The van der Waals surface area contributed by atoms with Gasteiger partial charge in [0.05, 0.1) is 6.61 Å². The number of benzene rings is 2. The molecular formula is C20H23N3O3. The number of ether oxygens (including phenoxy) is 1. The molecule has 0 aromatic heterocycles. The molecule has 2 aromatic rings. The number of carbonyl (C=O) groups is 2. The summed E-state index contributed by atoms with van der Waals surface area (Å²) in [4.78, 5) is 26.5. The minimum Gasteiger partial charge on any atom is -0.369 e. The molecule has 0 bridgehead atoms. The fourth-order valence-electron chi connectivity index (χ4n) is 2.95. The van der Waals surface area contributed by atoms with Gasteiger partial charge in [-0.15, -0.1) is 0 Å². The molecule has 0 aliphatic carbocycles. The lowest BCUT2D eigenvalue weighted by Crippen LogP contribution is -2.56. The van der Waals surface area contributed by atoms with Gasteiger partial charge in [-0.3, -0.25) is 9.59 Å². The van der Waals surface area contributed by atoms with E-state index in [1.54, 1.807) is 4.90 Å². The van der Waals surface area contributed by atoms with Gasteiger partial charge in [-0.25, -0.2) is 0 Å². The van der Waals surface area contributed by atoms with Gasteiger partial charge in [0.2, 0.25) is 11.8 Å². The van der Waals surface area contributed by atoms with Gasteiger partial charge in [-0.2, -0.15) is 0 Å². The van der Waals surface area contributed by atoms with Crippen LogP contribution in [-0.2, 0) is 20.9 Å². The molecule has 2 aromatic carbocycles. The first-order valence-electron chi connectivity index (χ1n) is 8.64. The molecule has 1 saturated heterocycles. The first kappa shape index (κ1) is 18.1. The summed E-state index contributed by atoms with van der Waals surface area (Å²) in [6.07, 6.45) is 0. The smallest absolute Gasteiger partial charge is 0.249 e. The minimum atomic E-state index is -0.653. The van der Waals surface area contributed by atoms with Crippen LogP contribution in [0, 0.1) is 0 Å². The fourth-order valence-corrected chi connectivity index (χ4v) is 2.95. The Morgan fingerprint density at radius 3 is 2.50 bits per heavy atom. The number of nitrogens with two attached hydrogens (primary N) is 1. The van der Waals surface area contributed by atoms with Crippen LogP contribution in [0.5, 0.6) is 0 Å². The summed E-state index contributed by atoms with van der Waals surface area (Å²) in [6, 6.07) is 18.2. The van der Waals surface area contributed by atoms with E-state index in [1.807, 2.05) is 60.7 Å². The van der Waals surface area contributed by atoms with E-state index in [-0.39, 0.29) is 31.1 Å². The first-order valence-corrected chi connectivity index (χ1v) is 8.64. The van der Waals surface area contributed by atoms with Gasteiger partial charge in [0, 0.05) is 19.1 Å². The number of nitrogens with zero attached hydrogens (tertiary/aromatic N) is 1. The molecule has 1 aliphatic rings. The molecule has 6 nitrogen and oxygen atoms in total. The predicted molar refractivity (Wildman–Crippen MR) is 98.0 cm³/mol. The Labute approximate surface area is 152 Å². The van der Waals surface area contributed by atoms with E-state index in [2.05, 4.69) is 5.32 Å². The lowest BCUT2D eigenvalue weighted by atomic mass is 10.1. The van der Waals surface area contributed by atoms with E-state index < -0.39 is 6.04 Å². The molecule has 26 heavy (non-hydrogen) atoms. The van der Waals surface area contributed by atoms with Crippen LogP contribution in [0.25, 0.3) is 0 Å². The Morgan fingerprint density at radius 2 is 1.81 bits per heavy atom. The highest BCUT2D eigenvalue weighted by Gasteiger charge is 2.34. The van der Waals surface area contributed by atoms with Crippen molar-refractivity contribution in [1.29, 1.82) is 0 Å². The maximum absolute atomic E-state index is 12.6. The standard InChI is InChI=1S/C20H23N3O3/c21-17(16-9-5-2-6-10-16)11-22-20(25)18-13-26-14-19(24)23(18)12-15-7-3-1-4-8-15/h1-10,17-18H,11-14,21H2,(H,22,25)/t17?,18-/m1/s1. The second-order valence-corrected chi connectivity index (χ2v) is 6.30. The largest absolute Gasteiger partial charge is 0.369 e. The molecule has 6 heteroatoms. The van der Waals surface area contributed by atoms with Crippen molar-refractivity contribution in [3.63, 3.8) is 0 Å². The Kier molecular flexibility index (Phi) is 5.99. The molecule has 1 unspecified atom stereocenters. The summed E-state index contributed by atoms with van der Waals surface area (Å²) in [5.41, 5.74) is 8.05. The van der Waals surface area contributed by atoms with Crippen LogP contribution in [0.2, 0.25) is 0 Å². The second kappa shape index (κ2) is 8.60. The molecule has 136 valence electrons. The third-order valence-corrected chi connectivity index (χ3v) is 4.42. The van der Waals surface area contributed by atoms with Crippen molar-refractivity contribution in [1.82, 2.24) is 10.2 Å². The van der Waals surface area contributed by atoms with Crippen LogP contribution in [0.1, 0.15) is 17.2 Å². The Morgan fingerprint density at radius 1 is 1.15 bits per heavy atom. The third kappa shape index (κ3) is 4.47. The zero-order valence-electron chi connectivity index (χ0n) is 14.5. The van der Waals surface area contributed by atoms with Crippen molar-refractivity contribution in [2.24, 2.45) is 5.73 Å². The zero-order valence-corrected chi connectivity index (χ0v) is 14.5. The van der Waals surface area contributed by atoms with Gasteiger partial charge in [-0.05, 0) is 11.1 Å². The first-order chi connectivity index (χ1) is 12.6. The van der Waals surface area contributed by atoms with Crippen molar-refractivity contribution in [3.05, 3.63) is 71.8 Å². The lowest BCUT2D eigenvalue weighted by Gasteiger charge is -2.34. The summed E-state index contributed by atoms with van der Waals surface area (Å²) >= 11 is 0. The van der Waals surface area contributed by atoms with Gasteiger partial charge in [0.25, 0.3) is 0 Å². The highest BCUT2D eigenvalue weighted by molar-refractivity contribution is 5.89. The Hall–Kier alpha value is -2.70. The van der Waals surface area contributed by atoms with Gasteiger partial charge in [-0.1, -0.05) is 60.7 Å². The quantitative estimate of drug-likeness (QED) is 0.818. The van der Waals surface area contributed by atoms with E-state index in [0.717, 1.165) is 11.1 Å². The highest BCUT2D eigenvalue weighted by Crippen LogP contribution is 2.14. The van der Waals surface area contributed by atoms with Gasteiger partial charge < -0.3 is 20.7 Å². The van der Waals surface area contributed by atoms with Crippen molar-refractivity contribution < 1.29 is 14.3 Å². The number of hydrogen-bond donors (Lipinski definition) is 2. The van der Waals surface area contributed by atoms with Crippen LogP contribution < -0.4 is 11.1 Å². The minimum absolute atomic E-state index is 0.000142. The molecule has 2 atom stereocenters. The molecule has 0 saturated carbocycles. The lowest BCUT2D eigenvalue weighted by molar-refractivity contribution is -0.155. The monoisotopic (exact) mass is 353 g/mol. The fraction of sp³-hybridized carbons (Fsp3) is 0.300. The average Bonchev–Trinajstić information content (AvgIpc) is 2.69. The Balaban J connectivity index is 1.63. The third-order valence-electron chi connectivity index (χ3n) is 4.42. The molecular weight excluding hydrogens is 330 g/mol. The SMILES string of the molecule is NC(CNC(=O)[C@H]1COCC(=O)N1Cc1ccccc1)c1ccccc1. The van der Waals surface area contributed by atoms with Crippen LogP contribution in [-0.4, -0.2) is 42.5 Å². The van der Waals surface area contributed by atoms with Crippen molar-refractivity contribution in [2.45, 2.75) is 18.6 Å². The van der Waals surface area contributed by atoms with Crippen LogP contribution in [0.4, 0.5) is 0 Å². The molecule has 1 heterocycles. The number of nitrogens with one attached hydrogen (secondary N) is 1. The molecule has 3 rings (SSSR count). The topological polar surface area (TPSA) is 84.7 Å². The summed E-state index contributed by atoms with van der Waals surface area (Å²) in [5.74, 6) is -0.437. The summed E-state index contributed by atoms with van der Waals surface area (Å²) in [7, 11) is 0. The maximum Gasteiger partial charge on any atom is 0.249 e. The number of morpholine rings is 1. The van der Waals surface area contributed by atoms with E-state index in [1.165, 1.54) is 0 Å². The van der Waals surface area contributed by atoms with Crippen molar-refractivity contribution in [3.8, 4) is 0 Å². The molecule has 2 amide bonds. The number of rotatable bonds is 6. The highest BCUT2D eigenvalue weighted by atomic mass is 16.5. The average molecular weight is 353 g/mol. The maximum atomic E-state index is 12.6. The number of hydrogen-bond acceptors (Lipinski definition) is 4.